The van der Waals surface area contributed by atoms with Crippen molar-refractivity contribution in [1.82, 2.24) is 5.32 Å². The lowest BCUT2D eigenvalue weighted by Gasteiger charge is -2.21. The maximum absolute atomic E-state index is 11.6. The summed E-state index contributed by atoms with van der Waals surface area (Å²) in [6.07, 6.45) is 5.36. The van der Waals surface area contributed by atoms with Gasteiger partial charge < -0.3 is 15.8 Å². The Morgan fingerprint density at radius 2 is 2.25 bits per heavy atom. The fourth-order valence-corrected chi connectivity index (χ4v) is 1.84. The first-order valence-electron chi connectivity index (χ1n) is 5.88. The zero-order valence-electron chi connectivity index (χ0n) is 9.54. The zero-order chi connectivity index (χ0) is 11.8. The third kappa shape index (κ3) is 5.42. The topological polar surface area (TPSA) is 64.3 Å². The summed E-state index contributed by atoms with van der Waals surface area (Å²) in [5.74, 6) is 0.0232. The molecule has 0 spiro atoms. The molecule has 92 valence electrons. The summed E-state index contributed by atoms with van der Waals surface area (Å²) in [5.41, 5.74) is 5.38. The third-order valence-corrected chi connectivity index (χ3v) is 2.83. The summed E-state index contributed by atoms with van der Waals surface area (Å²) in [7, 11) is 0. The van der Waals surface area contributed by atoms with Crippen LogP contribution in [-0.2, 0) is 9.53 Å². The van der Waals surface area contributed by atoms with Crippen molar-refractivity contribution < 1.29 is 9.53 Å². The minimum absolute atomic E-state index is 0.0232. The van der Waals surface area contributed by atoms with Gasteiger partial charge in [0.2, 0.25) is 5.91 Å². The number of nitrogens with two attached hydrogens (primary N) is 1. The van der Waals surface area contributed by atoms with Gasteiger partial charge in [-0.2, -0.15) is 0 Å². The molecule has 16 heavy (non-hydrogen) atoms. The summed E-state index contributed by atoms with van der Waals surface area (Å²) < 4.78 is 5.38. The SMILES string of the molecule is NC(=S)CCCCNC(=O)C1CCCCO1. The van der Waals surface area contributed by atoms with Crippen molar-refractivity contribution in [3.63, 3.8) is 0 Å². The Morgan fingerprint density at radius 3 is 2.88 bits per heavy atom. The number of nitrogens with one attached hydrogen (secondary N) is 1. The van der Waals surface area contributed by atoms with Crippen LogP contribution in [0.25, 0.3) is 0 Å². The molecule has 0 aromatic heterocycles. The summed E-state index contributed by atoms with van der Waals surface area (Å²) in [6.45, 7) is 1.39. The van der Waals surface area contributed by atoms with Gasteiger partial charge in [0.1, 0.15) is 6.10 Å². The molecule has 1 amide bonds. The zero-order valence-corrected chi connectivity index (χ0v) is 10.4. The molecule has 1 fully saturated rings. The molecule has 1 aliphatic heterocycles. The predicted molar refractivity (Wildman–Crippen MR) is 67.2 cm³/mol. The lowest BCUT2D eigenvalue weighted by atomic mass is 10.1. The third-order valence-electron chi connectivity index (χ3n) is 2.62. The van der Waals surface area contributed by atoms with Gasteiger partial charge >= 0.3 is 0 Å². The lowest BCUT2D eigenvalue weighted by Crippen LogP contribution is -2.38. The van der Waals surface area contributed by atoms with Gasteiger partial charge in [-0.1, -0.05) is 12.2 Å². The fourth-order valence-electron chi connectivity index (χ4n) is 1.70. The second-order valence-electron chi connectivity index (χ2n) is 4.07. The molecule has 1 heterocycles. The molecule has 0 bridgehead atoms. The van der Waals surface area contributed by atoms with E-state index in [0.717, 1.165) is 38.5 Å². The number of hydrogen-bond donors (Lipinski definition) is 2. The molecule has 0 aromatic rings. The van der Waals surface area contributed by atoms with Crippen molar-refractivity contribution in [1.29, 1.82) is 0 Å². The molecule has 0 aromatic carbocycles. The average molecular weight is 244 g/mol. The number of rotatable bonds is 6. The van der Waals surface area contributed by atoms with Gasteiger partial charge in [-0.3, -0.25) is 4.79 Å². The number of hydrogen-bond acceptors (Lipinski definition) is 3. The average Bonchev–Trinajstić information content (AvgIpc) is 2.29. The highest BCUT2D eigenvalue weighted by molar-refractivity contribution is 7.80. The molecule has 1 rings (SSSR count). The van der Waals surface area contributed by atoms with Crippen LogP contribution in [0.4, 0.5) is 0 Å². The van der Waals surface area contributed by atoms with E-state index in [1.807, 2.05) is 0 Å². The second kappa shape index (κ2) is 7.57. The van der Waals surface area contributed by atoms with E-state index in [-0.39, 0.29) is 12.0 Å². The van der Waals surface area contributed by atoms with Crippen LogP contribution in [0.15, 0.2) is 0 Å². The summed E-state index contributed by atoms with van der Waals surface area (Å²) in [5, 5.41) is 2.88. The summed E-state index contributed by atoms with van der Waals surface area (Å²) >= 11 is 4.77. The molecular formula is C11H20N2O2S. The number of carbonyl (C=O) groups excluding carboxylic acids is 1. The second-order valence-corrected chi connectivity index (χ2v) is 4.59. The van der Waals surface area contributed by atoms with Crippen molar-refractivity contribution in [3.05, 3.63) is 0 Å². The predicted octanol–water partition coefficient (Wildman–Crippen LogP) is 1.13. The van der Waals surface area contributed by atoms with E-state index < -0.39 is 0 Å². The first-order chi connectivity index (χ1) is 7.70. The first-order valence-corrected chi connectivity index (χ1v) is 6.28. The van der Waals surface area contributed by atoms with E-state index >= 15 is 0 Å². The molecule has 3 N–H and O–H groups in total. The van der Waals surface area contributed by atoms with E-state index in [9.17, 15) is 4.79 Å². The van der Waals surface area contributed by atoms with Gasteiger partial charge in [-0.15, -0.1) is 0 Å². The first kappa shape index (κ1) is 13.4. The highest BCUT2D eigenvalue weighted by atomic mass is 32.1. The Morgan fingerprint density at radius 1 is 1.44 bits per heavy atom. The number of amides is 1. The molecule has 1 aliphatic rings. The van der Waals surface area contributed by atoms with Gasteiger partial charge in [0.15, 0.2) is 0 Å². The van der Waals surface area contributed by atoms with Crippen molar-refractivity contribution in [2.24, 2.45) is 5.73 Å². The van der Waals surface area contributed by atoms with E-state index in [1.165, 1.54) is 0 Å². The molecular weight excluding hydrogens is 224 g/mol. The number of unbranched alkanes of at least 4 members (excludes halogenated alkanes) is 1. The van der Waals surface area contributed by atoms with Crippen LogP contribution < -0.4 is 11.1 Å². The Hall–Kier alpha value is -0.680. The monoisotopic (exact) mass is 244 g/mol. The fraction of sp³-hybridized carbons (Fsp3) is 0.818. The van der Waals surface area contributed by atoms with Gasteiger partial charge in [0.05, 0.1) is 4.99 Å². The molecule has 5 heteroatoms. The van der Waals surface area contributed by atoms with Crippen LogP contribution in [0.2, 0.25) is 0 Å². The van der Waals surface area contributed by atoms with Crippen LogP contribution in [-0.4, -0.2) is 30.2 Å². The molecule has 0 saturated carbocycles. The van der Waals surface area contributed by atoms with E-state index in [0.29, 0.717) is 18.1 Å². The Labute approximate surface area is 102 Å². The Balaban J connectivity index is 2.03. The van der Waals surface area contributed by atoms with Crippen LogP contribution in [0.5, 0.6) is 0 Å². The summed E-state index contributed by atoms with van der Waals surface area (Å²) in [4.78, 5) is 12.2. The van der Waals surface area contributed by atoms with E-state index in [1.54, 1.807) is 0 Å². The van der Waals surface area contributed by atoms with Crippen molar-refractivity contribution in [2.75, 3.05) is 13.2 Å². The van der Waals surface area contributed by atoms with Gasteiger partial charge in [0.25, 0.3) is 0 Å². The molecule has 4 nitrogen and oxygen atoms in total. The highest BCUT2D eigenvalue weighted by Crippen LogP contribution is 2.12. The van der Waals surface area contributed by atoms with E-state index in [2.05, 4.69) is 5.32 Å². The normalized spacial score (nSPS) is 20.4. The molecule has 0 radical (unpaired) electrons. The largest absolute Gasteiger partial charge is 0.393 e. The molecule has 1 saturated heterocycles. The maximum Gasteiger partial charge on any atom is 0.249 e. The van der Waals surface area contributed by atoms with Gasteiger partial charge in [-0.25, -0.2) is 0 Å². The molecule has 1 unspecified atom stereocenters. The van der Waals surface area contributed by atoms with Crippen LogP contribution in [0.3, 0.4) is 0 Å². The Kier molecular flexibility index (Phi) is 6.33. The molecule has 0 aliphatic carbocycles. The van der Waals surface area contributed by atoms with Gasteiger partial charge in [0, 0.05) is 13.2 Å². The number of thiocarbonyl (C=S) groups is 1. The number of carbonyl (C=O) groups is 1. The maximum atomic E-state index is 11.6. The smallest absolute Gasteiger partial charge is 0.249 e. The minimum atomic E-state index is -0.232. The standard InChI is InChI=1S/C11H20N2O2S/c12-10(16)6-1-3-7-13-11(14)9-5-2-4-8-15-9/h9H,1-8H2,(H2,12,16)(H,13,14). The van der Waals surface area contributed by atoms with Crippen LogP contribution >= 0.6 is 12.2 Å². The van der Waals surface area contributed by atoms with Crippen molar-refractivity contribution in [2.45, 2.75) is 44.6 Å². The van der Waals surface area contributed by atoms with Crippen LogP contribution in [0, 0.1) is 0 Å². The van der Waals surface area contributed by atoms with Crippen molar-refractivity contribution >= 4 is 23.1 Å². The summed E-state index contributed by atoms with van der Waals surface area (Å²) in [6, 6.07) is 0. The lowest BCUT2D eigenvalue weighted by molar-refractivity contribution is -0.135. The van der Waals surface area contributed by atoms with E-state index in [4.69, 9.17) is 22.7 Å². The minimum Gasteiger partial charge on any atom is -0.393 e. The highest BCUT2D eigenvalue weighted by Gasteiger charge is 2.20. The quantitative estimate of drug-likeness (QED) is 0.543. The Bertz CT molecular complexity index is 240. The molecule has 1 atom stereocenters. The van der Waals surface area contributed by atoms with Gasteiger partial charge in [-0.05, 0) is 38.5 Å². The van der Waals surface area contributed by atoms with Crippen molar-refractivity contribution in [3.8, 4) is 0 Å². The number of ether oxygens (including phenoxy) is 1. The van der Waals surface area contributed by atoms with Crippen LogP contribution in [0.1, 0.15) is 38.5 Å².